The zero-order valence-corrected chi connectivity index (χ0v) is 12.7. The fourth-order valence-electron chi connectivity index (χ4n) is 1.31. The summed E-state index contributed by atoms with van der Waals surface area (Å²) in [4.78, 5) is 23.7. The van der Waals surface area contributed by atoms with Crippen molar-refractivity contribution in [2.45, 2.75) is 53.2 Å². The van der Waals surface area contributed by atoms with Crippen LogP contribution in [0.3, 0.4) is 0 Å². The third-order valence-electron chi connectivity index (χ3n) is 2.03. The van der Waals surface area contributed by atoms with Crippen LogP contribution in [0.2, 0.25) is 0 Å². The highest BCUT2D eigenvalue weighted by molar-refractivity contribution is 7.99. The fraction of sp³-hybridized carbons (Fsp3) is 0.846. The number of esters is 2. The van der Waals surface area contributed by atoms with Crippen molar-refractivity contribution < 1.29 is 19.1 Å². The molecule has 0 saturated carbocycles. The van der Waals surface area contributed by atoms with Crippen LogP contribution >= 0.6 is 11.8 Å². The van der Waals surface area contributed by atoms with Crippen LogP contribution in [0.15, 0.2) is 0 Å². The largest absolute Gasteiger partial charge is 0.462 e. The summed E-state index contributed by atoms with van der Waals surface area (Å²) in [5.74, 6) is -0.0410. The van der Waals surface area contributed by atoms with Gasteiger partial charge in [-0.3, -0.25) is 9.59 Å². The van der Waals surface area contributed by atoms with Gasteiger partial charge in [0.2, 0.25) is 0 Å². The maximum atomic E-state index is 11.8. The maximum absolute atomic E-state index is 11.8. The van der Waals surface area contributed by atoms with Gasteiger partial charge in [-0.05, 0) is 45.6 Å². The third-order valence-corrected chi connectivity index (χ3v) is 2.96. The Bertz CT molecular complexity index is 242. The second kappa shape index (κ2) is 9.25. The zero-order chi connectivity index (χ0) is 14.1. The maximum Gasteiger partial charge on any atom is 0.320 e. The Kier molecular flexibility index (Phi) is 8.89. The van der Waals surface area contributed by atoms with Crippen LogP contribution in [0, 0.1) is 5.92 Å². The molecule has 4 nitrogen and oxygen atoms in total. The average molecular weight is 276 g/mol. The Hall–Kier alpha value is -0.710. The van der Waals surface area contributed by atoms with E-state index in [1.165, 1.54) is 0 Å². The molecule has 0 aromatic heterocycles. The van der Waals surface area contributed by atoms with E-state index in [0.717, 1.165) is 11.5 Å². The Morgan fingerprint density at radius 1 is 1.00 bits per heavy atom. The van der Waals surface area contributed by atoms with Crippen LogP contribution in [0.25, 0.3) is 0 Å². The highest BCUT2D eigenvalue weighted by Crippen LogP contribution is 2.15. The van der Waals surface area contributed by atoms with E-state index in [4.69, 9.17) is 9.47 Å². The molecule has 106 valence electrons. The Labute approximate surface area is 114 Å². The molecule has 0 spiro atoms. The summed E-state index contributed by atoms with van der Waals surface area (Å²) in [6, 6.07) is 0. The number of carbonyl (C=O) groups is 2. The van der Waals surface area contributed by atoms with Crippen molar-refractivity contribution in [3.8, 4) is 0 Å². The lowest BCUT2D eigenvalue weighted by molar-refractivity contribution is -0.166. The molecule has 0 fully saturated rings. The van der Waals surface area contributed by atoms with Gasteiger partial charge in [0.05, 0.1) is 12.2 Å². The van der Waals surface area contributed by atoms with Crippen LogP contribution in [0.5, 0.6) is 0 Å². The van der Waals surface area contributed by atoms with E-state index in [1.54, 1.807) is 39.5 Å². The SMILES string of the molecule is CCSCCC(C(=O)OC(C)C)C(=O)OC(C)C. The first-order chi connectivity index (χ1) is 8.38. The molecule has 0 aliphatic carbocycles. The molecule has 0 atom stereocenters. The van der Waals surface area contributed by atoms with Gasteiger partial charge < -0.3 is 9.47 Å². The molecule has 0 aliphatic heterocycles. The normalized spacial score (nSPS) is 11.1. The summed E-state index contributed by atoms with van der Waals surface area (Å²) < 4.78 is 10.2. The second-order valence-corrected chi connectivity index (χ2v) is 5.90. The Morgan fingerprint density at radius 3 is 1.78 bits per heavy atom. The molecule has 0 saturated heterocycles. The third kappa shape index (κ3) is 7.58. The van der Waals surface area contributed by atoms with Gasteiger partial charge in [-0.15, -0.1) is 0 Å². The van der Waals surface area contributed by atoms with Crippen LogP contribution in [-0.4, -0.2) is 35.7 Å². The summed E-state index contributed by atoms with van der Waals surface area (Å²) in [6.07, 6.45) is 0.0339. The predicted octanol–water partition coefficient (Wildman–Crippen LogP) is 2.65. The lowest BCUT2D eigenvalue weighted by atomic mass is 10.1. The molecular weight excluding hydrogens is 252 g/mol. The van der Waals surface area contributed by atoms with Crippen LogP contribution < -0.4 is 0 Å². The first-order valence-electron chi connectivity index (χ1n) is 6.37. The van der Waals surface area contributed by atoms with Gasteiger partial charge in [0.25, 0.3) is 0 Å². The van der Waals surface area contributed by atoms with E-state index in [2.05, 4.69) is 0 Å². The highest BCUT2D eigenvalue weighted by Gasteiger charge is 2.30. The van der Waals surface area contributed by atoms with Gasteiger partial charge in [0, 0.05) is 0 Å². The predicted molar refractivity (Wildman–Crippen MR) is 73.6 cm³/mol. The van der Waals surface area contributed by atoms with Crippen LogP contribution in [0.4, 0.5) is 0 Å². The molecule has 0 rings (SSSR count). The summed E-state index contributed by atoms with van der Waals surface area (Å²) in [5, 5.41) is 0. The minimum atomic E-state index is -0.797. The molecule has 18 heavy (non-hydrogen) atoms. The van der Waals surface area contributed by atoms with Crippen molar-refractivity contribution >= 4 is 23.7 Å². The minimum absolute atomic E-state index is 0.217. The lowest BCUT2D eigenvalue weighted by Crippen LogP contribution is -2.31. The van der Waals surface area contributed by atoms with E-state index in [-0.39, 0.29) is 12.2 Å². The minimum Gasteiger partial charge on any atom is -0.462 e. The molecule has 0 aromatic carbocycles. The number of carbonyl (C=O) groups excluding carboxylic acids is 2. The Morgan fingerprint density at radius 2 is 1.44 bits per heavy atom. The van der Waals surface area contributed by atoms with E-state index in [9.17, 15) is 9.59 Å². The fourth-order valence-corrected chi connectivity index (χ4v) is 2.00. The van der Waals surface area contributed by atoms with Gasteiger partial charge in [0.15, 0.2) is 5.92 Å². The number of hydrogen-bond acceptors (Lipinski definition) is 5. The zero-order valence-electron chi connectivity index (χ0n) is 11.9. The molecule has 0 radical (unpaired) electrons. The standard InChI is InChI=1S/C13H24O4S/c1-6-18-8-7-11(12(14)16-9(2)3)13(15)17-10(4)5/h9-11H,6-8H2,1-5H3. The molecule has 0 unspecified atom stereocenters. The highest BCUT2D eigenvalue weighted by atomic mass is 32.2. The van der Waals surface area contributed by atoms with E-state index in [0.29, 0.717) is 6.42 Å². The summed E-state index contributed by atoms with van der Waals surface area (Å²) in [5.41, 5.74) is 0. The van der Waals surface area contributed by atoms with Gasteiger partial charge in [-0.25, -0.2) is 0 Å². The summed E-state index contributed by atoms with van der Waals surface area (Å²) in [7, 11) is 0. The monoisotopic (exact) mass is 276 g/mol. The molecular formula is C13H24O4S. The van der Waals surface area contributed by atoms with Crippen molar-refractivity contribution in [3.63, 3.8) is 0 Å². The molecule has 0 heterocycles. The van der Waals surface area contributed by atoms with E-state index in [1.807, 2.05) is 6.92 Å². The van der Waals surface area contributed by atoms with Crippen molar-refractivity contribution in [1.82, 2.24) is 0 Å². The molecule has 0 N–H and O–H groups in total. The van der Waals surface area contributed by atoms with E-state index >= 15 is 0 Å². The van der Waals surface area contributed by atoms with Crippen molar-refractivity contribution in [2.24, 2.45) is 5.92 Å². The van der Waals surface area contributed by atoms with Crippen LogP contribution in [0.1, 0.15) is 41.0 Å². The number of ether oxygens (including phenoxy) is 2. The second-order valence-electron chi connectivity index (χ2n) is 4.51. The Balaban J connectivity index is 4.49. The van der Waals surface area contributed by atoms with Gasteiger partial charge >= 0.3 is 11.9 Å². The number of rotatable bonds is 8. The van der Waals surface area contributed by atoms with Gasteiger partial charge in [-0.1, -0.05) is 6.92 Å². The summed E-state index contributed by atoms with van der Waals surface area (Å²) in [6.45, 7) is 9.11. The average Bonchev–Trinajstić information content (AvgIpc) is 2.21. The number of thioether (sulfide) groups is 1. The van der Waals surface area contributed by atoms with Crippen LogP contribution in [-0.2, 0) is 19.1 Å². The van der Waals surface area contributed by atoms with Crippen molar-refractivity contribution in [2.75, 3.05) is 11.5 Å². The van der Waals surface area contributed by atoms with E-state index < -0.39 is 17.9 Å². The first kappa shape index (κ1) is 17.3. The number of hydrogen-bond donors (Lipinski definition) is 0. The molecule has 0 aliphatic rings. The quantitative estimate of drug-likeness (QED) is 0.387. The van der Waals surface area contributed by atoms with Crippen molar-refractivity contribution in [3.05, 3.63) is 0 Å². The molecule has 0 amide bonds. The smallest absolute Gasteiger partial charge is 0.320 e. The van der Waals surface area contributed by atoms with Gasteiger partial charge in [0.1, 0.15) is 0 Å². The molecule has 5 heteroatoms. The lowest BCUT2D eigenvalue weighted by Gasteiger charge is -2.18. The topological polar surface area (TPSA) is 52.6 Å². The summed E-state index contributed by atoms with van der Waals surface area (Å²) >= 11 is 1.69. The van der Waals surface area contributed by atoms with Crippen molar-refractivity contribution in [1.29, 1.82) is 0 Å². The van der Waals surface area contributed by atoms with Gasteiger partial charge in [-0.2, -0.15) is 11.8 Å². The first-order valence-corrected chi connectivity index (χ1v) is 7.52. The molecule has 0 bridgehead atoms. The molecule has 0 aromatic rings.